The van der Waals surface area contributed by atoms with Crippen molar-refractivity contribution in [2.24, 2.45) is 5.41 Å². The van der Waals surface area contributed by atoms with E-state index in [1.54, 1.807) is 14.2 Å². The number of nitrogens with one attached hydrogen (secondary N) is 1. The predicted octanol–water partition coefficient (Wildman–Crippen LogP) is 4.32. The number of halogens is 1. The molecule has 0 bridgehead atoms. The van der Waals surface area contributed by atoms with Crippen molar-refractivity contribution in [3.8, 4) is 11.5 Å². The molecule has 4 heteroatoms. The Morgan fingerprint density at radius 1 is 1.14 bits per heavy atom. The molecule has 1 aromatic rings. The first-order chi connectivity index (χ1) is 9.95. The Morgan fingerprint density at radius 3 is 2.43 bits per heavy atom. The number of rotatable bonds is 9. The van der Waals surface area contributed by atoms with Gasteiger partial charge in [0.2, 0.25) is 0 Å². The molecule has 0 radical (unpaired) electrons. The number of ether oxygens (including phenoxy) is 2. The van der Waals surface area contributed by atoms with Crippen LogP contribution in [0.4, 0.5) is 0 Å². The molecule has 0 aromatic heterocycles. The van der Waals surface area contributed by atoms with Gasteiger partial charge in [0, 0.05) is 0 Å². The van der Waals surface area contributed by atoms with Gasteiger partial charge in [0.25, 0.3) is 0 Å². The largest absolute Gasteiger partial charge is 0.495 e. The number of benzene rings is 1. The lowest BCUT2D eigenvalue weighted by Gasteiger charge is -2.25. The molecule has 0 aliphatic carbocycles. The minimum absolute atomic E-state index is 0.291. The van der Waals surface area contributed by atoms with E-state index >= 15 is 0 Å². The van der Waals surface area contributed by atoms with Crippen LogP contribution >= 0.6 is 11.6 Å². The Kier molecular flexibility index (Phi) is 7.33. The highest BCUT2D eigenvalue weighted by Crippen LogP contribution is 2.38. The molecule has 0 fully saturated rings. The van der Waals surface area contributed by atoms with Crippen LogP contribution in [0.3, 0.4) is 0 Å². The van der Waals surface area contributed by atoms with Crippen LogP contribution in [0.5, 0.6) is 11.5 Å². The van der Waals surface area contributed by atoms with Crippen LogP contribution in [0.2, 0.25) is 5.02 Å². The standard InChI is InChI=1S/C17H28ClNO2/c1-6-19-12-11-17(2,3)10-9-13-7-8-14(20-4)15(18)16(13)21-5/h7-8,19H,6,9-12H2,1-5H3. The maximum atomic E-state index is 6.31. The number of aryl methyl sites for hydroxylation is 1. The highest BCUT2D eigenvalue weighted by atomic mass is 35.5. The molecule has 0 spiro atoms. The summed E-state index contributed by atoms with van der Waals surface area (Å²) in [7, 11) is 3.27. The fraction of sp³-hybridized carbons (Fsp3) is 0.647. The van der Waals surface area contributed by atoms with Crippen molar-refractivity contribution in [2.45, 2.75) is 40.0 Å². The van der Waals surface area contributed by atoms with Crippen LogP contribution in [0.1, 0.15) is 39.2 Å². The predicted molar refractivity (Wildman–Crippen MR) is 89.8 cm³/mol. The van der Waals surface area contributed by atoms with Gasteiger partial charge < -0.3 is 14.8 Å². The fourth-order valence-corrected chi connectivity index (χ4v) is 2.69. The second-order valence-corrected chi connectivity index (χ2v) is 6.42. The average Bonchev–Trinajstić information content (AvgIpc) is 2.45. The minimum atomic E-state index is 0.291. The van der Waals surface area contributed by atoms with Crippen molar-refractivity contribution in [3.05, 3.63) is 22.7 Å². The van der Waals surface area contributed by atoms with E-state index in [0.717, 1.165) is 43.7 Å². The summed E-state index contributed by atoms with van der Waals surface area (Å²) in [6.45, 7) is 8.84. The molecule has 0 unspecified atom stereocenters. The zero-order valence-electron chi connectivity index (χ0n) is 13.9. The number of hydrogen-bond donors (Lipinski definition) is 1. The van der Waals surface area contributed by atoms with E-state index < -0.39 is 0 Å². The minimum Gasteiger partial charge on any atom is -0.495 e. The Balaban J connectivity index is 2.72. The Hall–Kier alpha value is -0.930. The molecule has 0 saturated carbocycles. The summed E-state index contributed by atoms with van der Waals surface area (Å²) in [6.07, 6.45) is 3.20. The first-order valence-corrected chi connectivity index (χ1v) is 7.93. The third-order valence-electron chi connectivity index (χ3n) is 3.87. The third kappa shape index (κ3) is 5.40. The van der Waals surface area contributed by atoms with Crippen LogP contribution in [0.25, 0.3) is 0 Å². The summed E-state index contributed by atoms with van der Waals surface area (Å²) in [5.41, 5.74) is 1.43. The molecular formula is C17H28ClNO2. The molecular weight excluding hydrogens is 286 g/mol. The van der Waals surface area contributed by atoms with E-state index in [-0.39, 0.29) is 0 Å². The van der Waals surface area contributed by atoms with Gasteiger partial charge in [-0.2, -0.15) is 0 Å². The lowest BCUT2D eigenvalue weighted by Crippen LogP contribution is -2.22. The lowest BCUT2D eigenvalue weighted by molar-refractivity contribution is 0.301. The fourth-order valence-electron chi connectivity index (χ4n) is 2.35. The lowest BCUT2D eigenvalue weighted by atomic mass is 9.83. The highest BCUT2D eigenvalue weighted by Gasteiger charge is 2.20. The summed E-state index contributed by atoms with van der Waals surface area (Å²) in [4.78, 5) is 0. The molecule has 0 aliphatic rings. The Morgan fingerprint density at radius 2 is 1.86 bits per heavy atom. The first-order valence-electron chi connectivity index (χ1n) is 7.55. The van der Waals surface area contributed by atoms with Gasteiger partial charge in [-0.3, -0.25) is 0 Å². The SMILES string of the molecule is CCNCCC(C)(C)CCc1ccc(OC)c(Cl)c1OC. The summed E-state index contributed by atoms with van der Waals surface area (Å²) >= 11 is 6.31. The van der Waals surface area contributed by atoms with E-state index in [0.29, 0.717) is 16.2 Å². The van der Waals surface area contributed by atoms with E-state index in [2.05, 4.69) is 26.1 Å². The van der Waals surface area contributed by atoms with Crippen molar-refractivity contribution < 1.29 is 9.47 Å². The monoisotopic (exact) mass is 313 g/mol. The second-order valence-electron chi connectivity index (χ2n) is 6.04. The third-order valence-corrected chi connectivity index (χ3v) is 4.22. The maximum Gasteiger partial charge on any atom is 0.144 e. The van der Waals surface area contributed by atoms with Crippen molar-refractivity contribution in [2.75, 3.05) is 27.3 Å². The molecule has 0 saturated heterocycles. The van der Waals surface area contributed by atoms with Crippen molar-refractivity contribution in [1.29, 1.82) is 0 Å². The van der Waals surface area contributed by atoms with E-state index in [1.807, 2.05) is 12.1 Å². The van der Waals surface area contributed by atoms with E-state index in [4.69, 9.17) is 21.1 Å². The number of methoxy groups -OCH3 is 2. The maximum absolute atomic E-state index is 6.31. The van der Waals surface area contributed by atoms with Crippen LogP contribution in [-0.4, -0.2) is 27.3 Å². The molecule has 120 valence electrons. The summed E-state index contributed by atoms with van der Waals surface area (Å²) < 4.78 is 10.7. The molecule has 0 heterocycles. The smallest absolute Gasteiger partial charge is 0.144 e. The van der Waals surface area contributed by atoms with Crippen LogP contribution in [-0.2, 0) is 6.42 Å². The van der Waals surface area contributed by atoms with Gasteiger partial charge in [-0.1, -0.05) is 38.4 Å². The molecule has 0 atom stereocenters. The van der Waals surface area contributed by atoms with Gasteiger partial charge in [-0.15, -0.1) is 0 Å². The first kappa shape index (κ1) is 18.1. The molecule has 3 nitrogen and oxygen atoms in total. The van der Waals surface area contributed by atoms with Crippen molar-refractivity contribution >= 4 is 11.6 Å². The molecule has 0 amide bonds. The van der Waals surface area contributed by atoms with Crippen LogP contribution in [0, 0.1) is 5.41 Å². The Labute approximate surface area is 134 Å². The molecule has 1 rings (SSSR count). The molecule has 1 aromatic carbocycles. The van der Waals surface area contributed by atoms with E-state index in [1.165, 1.54) is 0 Å². The van der Waals surface area contributed by atoms with Gasteiger partial charge >= 0.3 is 0 Å². The summed E-state index contributed by atoms with van der Waals surface area (Å²) in [6, 6.07) is 3.95. The van der Waals surface area contributed by atoms with Crippen molar-refractivity contribution in [3.63, 3.8) is 0 Å². The molecule has 0 aliphatic heterocycles. The van der Waals surface area contributed by atoms with Crippen LogP contribution < -0.4 is 14.8 Å². The zero-order chi connectivity index (χ0) is 15.9. The van der Waals surface area contributed by atoms with Crippen molar-refractivity contribution in [1.82, 2.24) is 5.32 Å². The van der Waals surface area contributed by atoms with Gasteiger partial charge in [-0.05, 0) is 49.4 Å². The second kappa shape index (κ2) is 8.50. The van der Waals surface area contributed by atoms with Crippen LogP contribution in [0.15, 0.2) is 12.1 Å². The van der Waals surface area contributed by atoms with E-state index in [9.17, 15) is 0 Å². The van der Waals surface area contributed by atoms with Gasteiger partial charge in [0.15, 0.2) is 0 Å². The van der Waals surface area contributed by atoms with Gasteiger partial charge in [0.1, 0.15) is 16.5 Å². The normalized spacial score (nSPS) is 11.5. The summed E-state index contributed by atoms with van der Waals surface area (Å²) in [5.74, 6) is 1.39. The quantitative estimate of drug-likeness (QED) is 0.689. The number of hydrogen-bond acceptors (Lipinski definition) is 3. The average molecular weight is 314 g/mol. The zero-order valence-corrected chi connectivity index (χ0v) is 14.6. The van der Waals surface area contributed by atoms with Gasteiger partial charge in [-0.25, -0.2) is 0 Å². The molecule has 21 heavy (non-hydrogen) atoms. The topological polar surface area (TPSA) is 30.5 Å². The summed E-state index contributed by atoms with van der Waals surface area (Å²) in [5, 5.41) is 3.95. The van der Waals surface area contributed by atoms with Gasteiger partial charge in [0.05, 0.1) is 14.2 Å². The Bertz CT molecular complexity index is 447. The highest BCUT2D eigenvalue weighted by molar-refractivity contribution is 6.33. The molecule has 1 N–H and O–H groups in total.